The number of non-ortho nitro benzene ring substituents is 1. The number of hydrogen-bond donors (Lipinski definition) is 2. The number of nitro groups is 2. The zero-order valence-corrected chi connectivity index (χ0v) is 11.6. The molecule has 12 heteroatoms. The smallest absolute Gasteiger partial charge is 0.301 e. The van der Waals surface area contributed by atoms with E-state index in [0.717, 1.165) is 12.1 Å². The van der Waals surface area contributed by atoms with E-state index in [-0.39, 0.29) is 5.69 Å². The molecule has 1 rings (SSSR count). The van der Waals surface area contributed by atoms with Crippen molar-refractivity contribution in [3.05, 3.63) is 49.7 Å². The number of allylic oxidation sites excluding steroid dienone is 2. The van der Waals surface area contributed by atoms with Gasteiger partial charge in [0.2, 0.25) is 0 Å². The first kappa shape index (κ1) is 17.6. The van der Waals surface area contributed by atoms with Crippen LogP contribution in [0.1, 0.15) is 0 Å². The Labute approximate surface area is 133 Å². The summed E-state index contributed by atoms with van der Waals surface area (Å²) in [4.78, 5) is 19.9. The van der Waals surface area contributed by atoms with Crippen LogP contribution in [0.15, 0.2) is 34.6 Å². The van der Waals surface area contributed by atoms with Crippen molar-refractivity contribution < 1.29 is 9.85 Å². The van der Waals surface area contributed by atoms with Crippen LogP contribution < -0.4 is 11.2 Å². The normalized spacial score (nSPS) is 9.79. The summed E-state index contributed by atoms with van der Waals surface area (Å²) in [5.41, 5.74) is 4.56. The Balaban J connectivity index is 3.31. The Morgan fingerprint density at radius 1 is 1.12 bits per heavy atom. The van der Waals surface area contributed by atoms with Crippen LogP contribution in [0.4, 0.5) is 17.1 Å². The third-order valence-electron chi connectivity index (χ3n) is 2.53. The van der Waals surface area contributed by atoms with E-state index in [1.165, 1.54) is 18.2 Å². The van der Waals surface area contributed by atoms with Crippen LogP contribution >= 0.6 is 0 Å². The summed E-state index contributed by atoms with van der Waals surface area (Å²) in [6.45, 7) is 0. The average molecular weight is 326 g/mol. The minimum absolute atomic E-state index is 0.249. The minimum Gasteiger partial charge on any atom is -0.395 e. The second-order valence-electron chi connectivity index (χ2n) is 3.91. The molecule has 0 amide bonds. The lowest BCUT2D eigenvalue weighted by Gasteiger charge is -2.03. The summed E-state index contributed by atoms with van der Waals surface area (Å²) in [6.07, 6.45) is 0. The van der Waals surface area contributed by atoms with E-state index in [2.05, 4.69) is 10.5 Å². The molecule has 0 fully saturated rings. The van der Waals surface area contributed by atoms with Gasteiger partial charge in [0, 0.05) is 6.07 Å². The third kappa shape index (κ3) is 3.78. The molecule has 12 nitrogen and oxygen atoms in total. The molecule has 0 atom stereocenters. The van der Waals surface area contributed by atoms with Crippen molar-refractivity contribution in [2.75, 3.05) is 5.43 Å². The maximum absolute atomic E-state index is 11.0. The highest BCUT2D eigenvalue weighted by Crippen LogP contribution is 2.28. The fraction of sp³-hybridized carbons (Fsp3) is 0. The molecule has 1 aromatic carbocycles. The topological polar surface area (TPSA) is 208 Å². The largest absolute Gasteiger partial charge is 0.395 e. The summed E-state index contributed by atoms with van der Waals surface area (Å²) in [7, 11) is 0. The second-order valence-corrected chi connectivity index (χ2v) is 3.91. The molecule has 0 saturated carbocycles. The summed E-state index contributed by atoms with van der Waals surface area (Å²) >= 11 is 0. The van der Waals surface area contributed by atoms with Gasteiger partial charge in [-0.2, -0.15) is 20.9 Å². The highest BCUT2D eigenvalue weighted by Gasteiger charge is 2.19. The van der Waals surface area contributed by atoms with Gasteiger partial charge in [0.15, 0.2) is 11.3 Å². The van der Waals surface area contributed by atoms with Crippen molar-refractivity contribution in [2.24, 2.45) is 10.8 Å². The molecule has 0 spiro atoms. The van der Waals surface area contributed by atoms with Gasteiger partial charge in [-0.05, 0) is 6.07 Å². The number of nitrogens with zero attached hydrogens (tertiary/aromatic N) is 6. The van der Waals surface area contributed by atoms with Gasteiger partial charge in [0.05, 0.1) is 21.6 Å². The van der Waals surface area contributed by atoms with Crippen LogP contribution in [-0.2, 0) is 0 Å². The molecule has 3 N–H and O–H groups in total. The maximum atomic E-state index is 11.0. The number of nitrogens with two attached hydrogens (primary N) is 1. The SMILES string of the molecule is N#CC(=NNc1ccc([N+](=O)[O-])cc1[N+](=O)[O-])C(N)=C(C#N)C#N. The zero-order valence-electron chi connectivity index (χ0n) is 11.6. The Morgan fingerprint density at radius 2 is 1.75 bits per heavy atom. The van der Waals surface area contributed by atoms with E-state index < -0.39 is 38.2 Å². The van der Waals surface area contributed by atoms with Gasteiger partial charge in [-0.25, -0.2) is 0 Å². The number of benzene rings is 1. The molecule has 0 bridgehead atoms. The number of nitro benzene ring substituents is 2. The van der Waals surface area contributed by atoms with Crippen LogP contribution in [0, 0.1) is 54.2 Å². The molecule has 0 unspecified atom stereocenters. The highest BCUT2D eigenvalue weighted by molar-refractivity contribution is 6.12. The lowest BCUT2D eigenvalue weighted by molar-refractivity contribution is -0.393. The van der Waals surface area contributed by atoms with Crippen LogP contribution in [0.25, 0.3) is 0 Å². The van der Waals surface area contributed by atoms with Crippen LogP contribution in [0.2, 0.25) is 0 Å². The lowest BCUT2D eigenvalue weighted by Crippen LogP contribution is -2.14. The van der Waals surface area contributed by atoms with Crippen molar-refractivity contribution in [1.82, 2.24) is 0 Å². The molecule has 24 heavy (non-hydrogen) atoms. The van der Waals surface area contributed by atoms with Crippen molar-refractivity contribution in [3.63, 3.8) is 0 Å². The Hall–Kier alpha value is -4.50. The predicted molar refractivity (Wildman–Crippen MR) is 78.9 cm³/mol. The zero-order chi connectivity index (χ0) is 18.3. The Kier molecular flexibility index (Phi) is 5.48. The molecule has 0 aliphatic rings. The third-order valence-corrected chi connectivity index (χ3v) is 2.53. The summed E-state index contributed by atoms with van der Waals surface area (Å²) in [6, 6.07) is 7.17. The minimum atomic E-state index is -0.883. The molecule has 0 radical (unpaired) electrons. The van der Waals surface area contributed by atoms with Crippen molar-refractivity contribution in [1.29, 1.82) is 15.8 Å². The summed E-state index contributed by atoms with van der Waals surface area (Å²) in [5, 5.41) is 51.4. The first-order valence-electron chi connectivity index (χ1n) is 5.82. The van der Waals surface area contributed by atoms with E-state index in [0.29, 0.717) is 6.07 Å². The number of rotatable bonds is 5. The van der Waals surface area contributed by atoms with Gasteiger partial charge in [0.1, 0.15) is 23.9 Å². The van der Waals surface area contributed by atoms with Gasteiger partial charge in [-0.1, -0.05) is 0 Å². The molecule has 1 aromatic rings. The molecule has 118 valence electrons. The van der Waals surface area contributed by atoms with Gasteiger partial charge in [-0.15, -0.1) is 0 Å². The number of anilines is 1. The van der Waals surface area contributed by atoms with Gasteiger partial charge < -0.3 is 5.73 Å². The number of hydrogen-bond acceptors (Lipinski definition) is 10. The standard InChI is InChI=1S/C12H6N8O4/c13-4-7(5-14)12(16)10(6-15)18-17-9-2-1-8(19(21)22)3-11(9)20(23)24/h1-3,17H,16H2. The average Bonchev–Trinajstić information content (AvgIpc) is 2.56. The van der Waals surface area contributed by atoms with E-state index in [4.69, 9.17) is 21.5 Å². The van der Waals surface area contributed by atoms with Crippen molar-refractivity contribution in [2.45, 2.75) is 0 Å². The second kappa shape index (κ2) is 7.49. The molecule has 0 aliphatic carbocycles. The monoisotopic (exact) mass is 326 g/mol. The quantitative estimate of drug-likeness (QED) is 0.342. The molecular formula is C12H6N8O4. The molecular weight excluding hydrogens is 320 g/mol. The van der Waals surface area contributed by atoms with Crippen LogP contribution in [0.3, 0.4) is 0 Å². The predicted octanol–water partition coefficient (Wildman–Crippen LogP) is 1.05. The lowest BCUT2D eigenvalue weighted by atomic mass is 10.2. The van der Waals surface area contributed by atoms with Gasteiger partial charge in [-0.3, -0.25) is 25.7 Å². The van der Waals surface area contributed by atoms with Crippen molar-refractivity contribution in [3.8, 4) is 18.2 Å². The fourth-order valence-corrected chi connectivity index (χ4v) is 1.40. The molecule has 0 saturated heterocycles. The molecule has 0 aliphatic heterocycles. The van der Waals surface area contributed by atoms with Crippen molar-refractivity contribution >= 4 is 22.8 Å². The van der Waals surface area contributed by atoms with Gasteiger partial charge >= 0.3 is 5.69 Å². The summed E-state index contributed by atoms with van der Waals surface area (Å²) < 4.78 is 0. The first-order chi connectivity index (χ1) is 11.3. The number of hydrazone groups is 1. The number of nitriles is 3. The molecule has 0 heterocycles. The van der Waals surface area contributed by atoms with Gasteiger partial charge in [0.25, 0.3) is 5.69 Å². The van der Waals surface area contributed by atoms with E-state index in [9.17, 15) is 20.2 Å². The van der Waals surface area contributed by atoms with Crippen LogP contribution in [-0.4, -0.2) is 15.6 Å². The van der Waals surface area contributed by atoms with E-state index in [1.54, 1.807) is 0 Å². The first-order valence-corrected chi connectivity index (χ1v) is 5.82. The van der Waals surface area contributed by atoms with E-state index >= 15 is 0 Å². The number of nitrogens with one attached hydrogen (secondary N) is 1. The fourth-order valence-electron chi connectivity index (χ4n) is 1.40. The Morgan fingerprint density at radius 3 is 2.21 bits per heavy atom. The maximum Gasteiger partial charge on any atom is 0.301 e. The summed E-state index contributed by atoms with van der Waals surface area (Å²) in [5.74, 6) is 0. The Bertz CT molecular complexity index is 881. The molecule has 0 aromatic heterocycles. The highest BCUT2D eigenvalue weighted by atomic mass is 16.6. The van der Waals surface area contributed by atoms with E-state index in [1.807, 2.05) is 0 Å². The van der Waals surface area contributed by atoms with Crippen LogP contribution in [0.5, 0.6) is 0 Å².